The maximum atomic E-state index is 5.98. The third-order valence-corrected chi connectivity index (χ3v) is 2.88. The summed E-state index contributed by atoms with van der Waals surface area (Å²) in [4.78, 5) is 0. The molecule has 2 rings (SSSR count). The first-order valence-corrected chi connectivity index (χ1v) is 5.45. The third kappa shape index (κ3) is 2.40. The van der Waals surface area contributed by atoms with E-state index in [1.54, 1.807) is 0 Å². The number of hydrogen-bond acceptors (Lipinski definition) is 0. The zero-order valence-electron chi connectivity index (χ0n) is 8.65. The fourth-order valence-electron chi connectivity index (χ4n) is 1.71. The smallest absolute Gasteiger partial charge is 0.0408 e. The Kier molecular flexibility index (Phi) is 3.08. The van der Waals surface area contributed by atoms with Crippen molar-refractivity contribution in [3.05, 3.63) is 70.7 Å². The minimum Gasteiger partial charge on any atom is -0.0843 e. The lowest BCUT2D eigenvalue weighted by Gasteiger charge is -2.12. The van der Waals surface area contributed by atoms with Crippen LogP contribution < -0.4 is 0 Å². The predicted molar refractivity (Wildman–Crippen MR) is 65.4 cm³/mol. The molecule has 0 unspecified atom stereocenters. The molecule has 0 aliphatic heterocycles. The summed E-state index contributed by atoms with van der Waals surface area (Å²) < 4.78 is 0. The van der Waals surface area contributed by atoms with Crippen LogP contribution in [0.4, 0.5) is 0 Å². The van der Waals surface area contributed by atoms with E-state index < -0.39 is 0 Å². The summed E-state index contributed by atoms with van der Waals surface area (Å²) >= 11 is 5.98. The van der Waals surface area contributed by atoms with Crippen LogP contribution in [-0.4, -0.2) is 0 Å². The van der Waals surface area contributed by atoms with Crippen LogP contribution in [0, 0.1) is 0 Å². The van der Waals surface area contributed by atoms with Crippen LogP contribution >= 0.6 is 11.6 Å². The maximum absolute atomic E-state index is 5.98. The molecule has 0 aliphatic carbocycles. The highest BCUT2D eigenvalue weighted by atomic mass is 35.5. The molecule has 0 aliphatic rings. The number of rotatable bonds is 2. The summed E-state index contributed by atoms with van der Waals surface area (Å²) in [7, 11) is 0. The quantitative estimate of drug-likeness (QED) is 0.694. The minimum absolute atomic E-state index is 0.393. The molecule has 1 heteroatoms. The molecular weight excluding hydrogens is 204 g/mol. The van der Waals surface area contributed by atoms with E-state index in [4.69, 9.17) is 11.6 Å². The van der Waals surface area contributed by atoms with E-state index in [9.17, 15) is 0 Å². The SMILES string of the molecule is C[C@@H](c1ccccc1)c1cccc(Cl)c1. The van der Waals surface area contributed by atoms with E-state index in [1.807, 2.05) is 24.3 Å². The van der Waals surface area contributed by atoms with Gasteiger partial charge < -0.3 is 0 Å². The van der Waals surface area contributed by atoms with E-state index in [1.165, 1.54) is 11.1 Å². The average Bonchev–Trinajstić information content (AvgIpc) is 2.29. The van der Waals surface area contributed by atoms with Gasteiger partial charge in [0, 0.05) is 10.9 Å². The van der Waals surface area contributed by atoms with Gasteiger partial charge in [-0.25, -0.2) is 0 Å². The third-order valence-electron chi connectivity index (χ3n) is 2.65. The highest BCUT2D eigenvalue weighted by Crippen LogP contribution is 2.25. The molecule has 0 N–H and O–H groups in total. The molecule has 0 aromatic heterocycles. The van der Waals surface area contributed by atoms with E-state index in [0.29, 0.717) is 5.92 Å². The molecule has 15 heavy (non-hydrogen) atoms. The van der Waals surface area contributed by atoms with E-state index in [0.717, 1.165) is 5.02 Å². The molecule has 0 radical (unpaired) electrons. The summed E-state index contributed by atoms with van der Waals surface area (Å²) in [6, 6.07) is 18.5. The van der Waals surface area contributed by atoms with Crippen LogP contribution in [0.15, 0.2) is 54.6 Å². The van der Waals surface area contributed by atoms with Gasteiger partial charge in [-0.2, -0.15) is 0 Å². The first-order chi connectivity index (χ1) is 7.27. The predicted octanol–water partition coefficient (Wildman–Crippen LogP) is 4.49. The van der Waals surface area contributed by atoms with Crippen LogP contribution in [-0.2, 0) is 0 Å². The van der Waals surface area contributed by atoms with Crippen molar-refractivity contribution in [2.45, 2.75) is 12.8 Å². The second-order valence-corrected chi connectivity index (χ2v) is 4.12. The van der Waals surface area contributed by atoms with Crippen molar-refractivity contribution in [1.29, 1.82) is 0 Å². The lowest BCUT2D eigenvalue weighted by atomic mass is 9.93. The Morgan fingerprint density at radius 1 is 0.867 bits per heavy atom. The van der Waals surface area contributed by atoms with Crippen molar-refractivity contribution in [2.75, 3.05) is 0 Å². The number of benzene rings is 2. The van der Waals surface area contributed by atoms with Crippen LogP contribution in [0.2, 0.25) is 5.02 Å². The molecule has 1 atom stereocenters. The maximum Gasteiger partial charge on any atom is 0.0408 e. The van der Waals surface area contributed by atoms with E-state index in [-0.39, 0.29) is 0 Å². The first kappa shape index (κ1) is 10.3. The Morgan fingerprint density at radius 3 is 2.20 bits per heavy atom. The lowest BCUT2D eigenvalue weighted by Crippen LogP contribution is -1.94. The number of halogens is 1. The van der Waals surface area contributed by atoms with Gasteiger partial charge in [-0.15, -0.1) is 0 Å². The molecule has 0 saturated heterocycles. The normalized spacial score (nSPS) is 12.4. The summed E-state index contributed by atoms with van der Waals surface area (Å²) in [5.74, 6) is 0.393. The molecule has 0 nitrogen and oxygen atoms in total. The summed E-state index contributed by atoms with van der Waals surface area (Å²) in [5.41, 5.74) is 2.58. The second-order valence-electron chi connectivity index (χ2n) is 3.69. The molecule has 0 amide bonds. The zero-order chi connectivity index (χ0) is 10.7. The molecular formula is C14H13Cl. The van der Waals surface area contributed by atoms with Gasteiger partial charge in [0.25, 0.3) is 0 Å². The molecule has 0 spiro atoms. The number of hydrogen-bond donors (Lipinski definition) is 0. The zero-order valence-corrected chi connectivity index (χ0v) is 9.41. The molecule has 0 saturated carbocycles. The summed E-state index contributed by atoms with van der Waals surface area (Å²) in [6.45, 7) is 2.20. The van der Waals surface area contributed by atoms with Gasteiger partial charge in [0.15, 0.2) is 0 Å². The Labute approximate surface area is 95.5 Å². The second kappa shape index (κ2) is 4.50. The van der Waals surface area contributed by atoms with Crippen molar-refractivity contribution < 1.29 is 0 Å². The minimum atomic E-state index is 0.393. The summed E-state index contributed by atoms with van der Waals surface area (Å²) in [5, 5.41) is 0.801. The Balaban J connectivity index is 2.32. The van der Waals surface area contributed by atoms with Crippen LogP contribution in [0.25, 0.3) is 0 Å². The van der Waals surface area contributed by atoms with Gasteiger partial charge in [-0.1, -0.05) is 61.0 Å². The summed E-state index contributed by atoms with van der Waals surface area (Å²) in [6.07, 6.45) is 0. The molecule has 2 aromatic rings. The molecule has 0 fully saturated rings. The van der Waals surface area contributed by atoms with Crippen LogP contribution in [0.1, 0.15) is 24.0 Å². The molecule has 76 valence electrons. The van der Waals surface area contributed by atoms with Gasteiger partial charge in [0.05, 0.1) is 0 Å². The van der Waals surface area contributed by atoms with Gasteiger partial charge in [0.2, 0.25) is 0 Å². The standard InChI is InChI=1S/C14H13Cl/c1-11(12-6-3-2-4-7-12)13-8-5-9-14(15)10-13/h2-11H,1H3/t11-/m0/s1. The Hall–Kier alpha value is -1.27. The average molecular weight is 217 g/mol. The lowest BCUT2D eigenvalue weighted by molar-refractivity contribution is 0.922. The fraction of sp³-hybridized carbons (Fsp3) is 0.143. The topological polar surface area (TPSA) is 0 Å². The van der Waals surface area contributed by atoms with Crippen molar-refractivity contribution >= 4 is 11.6 Å². The Bertz CT molecular complexity index is 434. The van der Waals surface area contributed by atoms with Gasteiger partial charge >= 0.3 is 0 Å². The highest BCUT2D eigenvalue weighted by molar-refractivity contribution is 6.30. The molecule has 0 bridgehead atoms. The first-order valence-electron chi connectivity index (χ1n) is 5.08. The van der Waals surface area contributed by atoms with Crippen molar-refractivity contribution in [3.63, 3.8) is 0 Å². The van der Waals surface area contributed by atoms with E-state index in [2.05, 4.69) is 37.3 Å². The molecule has 2 aromatic carbocycles. The fourth-order valence-corrected chi connectivity index (χ4v) is 1.91. The van der Waals surface area contributed by atoms with Crippen molar-refractivity contribution in [1.82, 2.24) is 0 Å². The van der Waals surface area contributed by atoms with Crippen molar-refractivity contribution in [2.24, 2.45) is 0 Å². The van der Waals surface area contributed by atoms with Crippen LogP contribution in [0.3, 0.4) is 0 Å². The van der Waals surface area contributed by atoms with E-state index >= 15 is 0 Å². The largest absolute Gasteiger partial charge is 0.0843 e. The molecule has 0 heterocycles. The van der Waals surface area contributed by atoms with Crippen LogP contribution in [0.5, 0.6) is 0 Å². The van der Waals surface area contributed by atoms with Crippen molar-refractivity contribution in [3.8, 4) is 0 Å². The van der Waals surface area contributed by atoms with Gasteiger partial charge in [-0.05, 0) is 23.3 Å². The van der Waals surface area contributed by atoms with Gasteiger partial charge in [-0.3, -0.25) is 0 Å². The Morgan fingerprint density at radius 2 is 1.53 bits per heavy atom. The highest BCUT2D eigenvalue weighted by Gasteiger charge is 2.07. The van der Waals surface area contributed by atoms with Gasteiger partial charge in [0.1, 0.15) is 0 Å². The monoisotopic (exact) mass is 216 g/mol.